The molecule has 1 atom stereocenters. The zero-order valence-corrected chi connectivity index (χ0v) is 13.1. The first-order valence-corrected chi connectivity index (χ1v) is 7.13. The molecule has 0 amide bonds. The molecule has 0 saturated carbocycles. The second kappa shape index (κ2) is 8.83. The molecular formula is C17H24ClNO. The molecule has 0 aliphatic heterocycles. The summed E-state index contributed by atoms with van der Waals surface area (Å²) in [5.74, 6) is 0.980. The molecule has 0 heterocycles. The molecule has 0 fully saturated rings. The van der Waals surface area contributed by atoms with Gasteiger partial charge in [-0.3, -0.25) is 0 Å². The van der Waals surface area contributed by atoms with E-state index in [4.69, 9.17) is 4.74 Å². The fourth-order valence-electron chi connectivity index (χ4n) is 2.32. The lowest BCUT2D eigenvalue weighted by Crippen LogP contribution is -2.22. The minimum atomic E-state index is 0. The van der Waals surface area contributed by atoms with Crippen LogP contribution in [0.2, 0.25) is 0 Å². The summed E-state index contributed by atoms with van der Waals surface area (Å²) in [6.45, 7) is 3.20. The fourth-order valence-corrected chi connectivity index (χ4v) is 2.32. The van der Waals surface area contributed by atoms with Gasteiger partial charge >= 0.3 is 0 Å². The van der Waals surface area contributed by atoms with Crippen molar-refractivity contribution in [1.82, 2.24) is 5.32 Å². The van der Waals surface area contributed by atoms with Gasteiger partial charge in [0.2, 0.25) is 0 Å². The van der Waals surface area contributed by atoms with Crippen molar-refractivity contribution in [2.24, 2.45) is 0 Å². The highest BCUT2D eigenvalue weighted by Crippen LogP contribution is 2.22. The first-order valence-electron chi connectivity index (χ1n) is 7.13. The summed E-state index contributed by atoms with van der Waals surface area (Å²) in [6, 6.07) is 14.7. The summed E-state index contributed by atoms with van der Waals surface area (Å²) >= 11 is 0. The molecule has 2 rings (SSSR count). The predicted octanol–water partition coefficient (Wildman–Crippen LogP) is 4.42. The zero-order valence-electron chi connectivity index (χ0n) is 12.3. The Balaban J connectivity index is 0.00000200. The van der Waals surface area contributed by atoms with Crippen molar-refractivity contribution in [3.05, 3.63) is 42.5 Å². The van der Waals surface area contributed by atoms with Crippen molar-refractivity contribution < 1.29 is 4.74 Å². The van der Waals surface area contributed by atoms with Gasteiger partial charge in [-0.2, -0.15) is 0 Å². The van der Waals surface area contributed by atoms with Gasteiger partial charge in [0.1, 0.15) is 5.75 Å². The van der Waals surface area contributed by atoms with Gasteiger partial charge in [0.15, 0.2) is 0 Å². The fraction of sp³-hybridized carbons (Fsp3) is 0.412. The number of halogens is 1. The lowest BCUT2D eigenvalue weighted by molar-refractivity contribution is 0.180. The van der Waals surface area contributed by atoms with E-state index in [2.05, 4.69) is 54.7 Å². The van der Waals surface area contributed by atoms with Gasteiger partial charge in [-0.15, -0.1) is 12.4 Å². The maximum absolute atomic E-state index is 6.13. The third-order valence-electron chi connectivity index (χ3n) is 3.35. The Morgan fingerprint density at radius 1 is 1.05 bits per heavy atom. The molecule has 0 aromatic heterocycles. The second-order valence-corrected chi connectivity index (χ2v) is 4.93. The first-order chi connectivity index (χ1) is 9.33. The highest BCUT2D eigenvalue weighted by atomic mass is 35.5. The summed E-state index contributed by atoms with van der Waals surface area (Å²) < 4.78 is 6.13. The van der Waals surface area contributed by atoms with Crippen LogP contribution in [0.1, 0.15) is 26.2 Å². The SMILES string of the molecule is CCC[C@H](CCNC)Oc1ccc2ccccc2c1.Cl. The Labute approximate surface area is 127 Å². The molecule has 0 aliphatic carbocycles. The third kappa shape index (κ3) is 4.69. The van der Waals surface area contributed by atoms with E-state index in [9.17, 15) is 0 Å². The molecule has 0 radical (unpaired) electrons. The molecule has 2 nitrogen and oxygen atoms in total. The van der Waals surface area contributed by atoms with Crippen LogP contribution in [0, 0.1) is 0 Å². The van der Waals surface area contributed by atoms with Crippen LogP contribution >= 0.6 is 12.4 Å². The van der Waals surface area contributed by atoms with Crippen LogP contribution in [0.5, 0.6) is 5.75 Å². The molecule has 2 aromatic rings. The van der Waals surface area contributed by atoms with E-state index >= 15 is 0 Å². The Kier molecular flexibility index (Phi) is 7.42. The van der Waals surface area contributed by atoms with Crippen molar-refractivity contribution in [3.8, 4) is 5.75 Å². The summed E-state index contributed by atoms with van der Waals surface area (Å²) in [5, 5.41) is 5.69. The summed E-state index contributed by atoms with van der Waals surface area (Å²) in [7, 11) is 1.99. The number of rotatable bonds is 7. The largest absolute Gasteiger partial charge is 0.490 e. The first kappa shape index (κ1) is 16.8. The number of hydrogen-bond acceptors (Lipinski definition) is 2. The number of nitrogens with one attached hydrogen (secondary N) is 1. The molecule has 0 spiro atoms. The van der Waals surface area contributed by atoms with E-state index < -0.39 is 0 Å². The maximum atomic E-state index is 6.13. The molecular weight excluding hydrogens is 270 g/mol. The molecule has 3 heteroatoms. The van der Waals surface area contributed by atoms with Crippen molar-refractivity contribution in [1.29, 1.82) is 0 Å². The van der Waals surface area contributed by atoms with Gasteiger partial charge in [0.25, 0.3) is 0 Å². The van der Waals surface area contributed by atoms with Gasteiger partial charge in [-0.25, -0.2) is 0 Å². The van der Waals surface area contributed by atoms with Gasteiger partial charge < -0.3 is 10.1 Å². The van der Waals surface area contributed by atoms with Crippen molar-refractivity contribution in [3.63, 3.8) is 0 Å². The average Bonchev–Trinajstić information content (AvgIpc) is 2.45. The maximum Gasteiger partial charge on any atom is 0.120 e. The Hall–Kier alpha value is -1.25. The van der Waals surface area contributed by atoms with Crippen LogP contribution in [0.15, 0.2) is 42.5 Å². The van der Waals surface area contributed by atoms with E-state index in [-0.39, 0.29) is 12.4 Å². The van der Waals surface area contributed by atoms with Gasteiger partial charge in [0, 0.05) is 0 Å². The van der Waals surface area contributed by atoms with Crippen LogP contribution in [0.3, 0.4) is 0 Å². The predicted molar refractivity (Wildman–Crippen MR) is 89.1 cm³/mol. The molecule has 0 bridgehead atoms. The smallest absolute Gasteiger partial charge is 0.120 e. The van der Waals surface area contributed by atoms with Crippen LogP contribution in [0.25, 0.3) is 10.8 Å². The molecule has 2 aromatic carbocycles. The number of fused-ring (bicyclic) bond motifs is 1. The molecule has 20 heavy (non-hydrogen) atoms. The highest BCUT2D eigenvalue weighted by Gasteiger charge is 2.09. The molecule has 1 N–H and O–H groups in total. The molecule has 0 aliphatic rings. The number of benzene rings is 2. The van der Waals surface area contributed by atoms with Crippen LogP contribution in [-0.4, -0.2) is 19.7 Å². The summed E-state index contributed by atoms with van der Waals surface area (Å²) in [4.78, 5) is 0. The Morgan fingerprint density at radius 2 is 1.80 bits per heavy atom. The van der Waals surface area contributed by atoms with Gasteiger partial charge in [-0.05, 0) is 49.3 Å². The van der Waals surface area contributed by atoms with Crippen molar-refractivity contribution in [2.45, 2.75) is 32.3 Å². The minimum Gasteiger partial charge on any atom is -0.490 e. The minimum absolute atomic E-state index is 0. The molecule has 0 unspecified atom stereocenters. The van der Waals surface area contributed by atoms with E-state index in [0.717, 1.165) is 31.6 Å². The van der Waals surface area contributed by atoms with Crippen LogP contribution in [0.4, 0.5) is 0 Å². The van der Waals surface area contributed by atoms with Gasteiger partial charge in [-0.1, -0.05) is 43.7 Å². The number of hydrogen-bond donors (Lipinski definition) is 1. The highest BCUT2D eigenvalue weighted by molar-refractivity contribution is 5.85. The number of ether oxygens (including phenoxy) is 1. The van der Waals surface area contributed by atoms with E-state index in [0.29, 0.717) is 6.10 Å². The van der Waals surface area contributed by atoms with Crippen LogP contribution < -0.4 is 10.1 Å². The Morgan fingerprint density at radius 3 is 2.50 bits per heavy atom. The quantitative estimate of drug-likeness (QED) is 0.816. The standard InChI is InChI=1S/C17H23NO.ClH/c1-3-6-16(11-12-18-2)19-17-10-9-14-7-4-5-8-15(14)13-17;/h4-5,7-10,13,16,18H,3,6,11-12H2,1-2H3;1H/t16-;/m1./s1. The van der Waals surface area contributed by atoms with E-state index in [1.165, 1.54) is 10.8 Å². The lowest BCUT2D eigenvalue weighted by Gasteiger charge is -2.18. The normalized spacial score (nSPS) is 11.9. The zero-order chi connectivity index (χ0) is 13.5. The third-order valence-corrected chi connectivity index (χ3v) is 3.35. The Bertz CT molecular complexity index is 515. The molecule has 110 valence electrons. The second-order valence-electron chi connectivity index (χ2n) is 4.93. The average molecular weight is 294 g/mol. The molecule has 0 saturated heterocycles. The van der Waals surface area contributed by atoms with Gasteiger partial charge in [0.05, 0.1) is 6.10 Å². The summed E-state index contributed by atoms with van der Waals surface area (Å²) in [6.07, 6.45) is 3.62. The summed E-state index contributed by atoms with van der Waals surface area (Å²) in [5.41, 5.74) is 0. The van der Waals surface area contributed by atoms with E-state index in [1.54, 1.807) is 0 Å². The van der Waals surface area contributed by atoms with Crippen LogP contribution in [-0.2, 0) is 0 Å². The van der Waals surface area contributed by atoms with E-state index in [1.807, 2.05) is 7.05 Å². The van der Waals surface area contributed by atoms with Crippen molar-refractivity contribution in [2.75, 3.05) is 13.6 Å². The lowest BCUT2D eigenvalue weighted by atomic mass is 10.1. The monoisotopic (exact) mass is 293 g/mol. The van der Waals surface area contributed by atoms with Crippen molar-refractivity contribution >= 4 is 23.2 Å². The topological polar surface area (TPSA) is 21.3 Å².